The van der Waals surface area contributed by atoms with Gasteiger partial charge in [-0.15, -0.1) is 11.3 Å². The number of nitrogens with one attached hydrogen (secondary N) is 1. The standard InChI is InChI=1S/C8H12N2O2S/c1-5(2)12-7(11)6-4-13-8(9-3)10-6/h4-5H,1-3H3,(H,9,10). The maximum atomic E-state index is 11.3. The molecule has 0 bridgehead atoms. The lowest BCUT2D eigenvalue weighted by atomic mass is 10.4. The van der Waals surface area contributed by atoms with Crippen LogP contribution in [0, 0.1) is 0 Å². The molecule has 72 valence electrons. The number of carbonyl (C=O) groups excluding carboxylic acids is 1. The van der Waals surface area contributed by atoms with E-state index in [-0.39, 0.29) is 12.1 Å². The lowest BCUT2D eigenvalue weighted by Gasteiger charge is -2.04. The molecule has 0 saturated carbocycles. The Morgan fingerprint density at radius 1 is 1.69 bits per heavy atom. The fourth-order valence-electron chi connectivity index (χ4n) is 0.757. The van der Waals surface area contributed by atoms with Crippen molar-refractivity contribution in [1.29, 1.82) is 0 Å². The summed E-state index contributed by atoms with van der Waals surface area (Å²) in [6, 6.07) is 0. The predicted octanol–water partition coefficient (Wildman–Crippen LogP) is 1.75. The van der Waals surface area contributed by atoms with Gasteiger partial charge in [0.1, 0.15) is 0 Å². The molecule has 0 aliphatic carbocycles. The summed E-state index contributed by atoms with van der Waals surface area (Å²) in [6.07, 6.45) is -0.104. The van der Waals surface area contributed by atoms with Crippen LogP contribution in [-0.4, -0.2) is 24.1 Å². The molecule has 0 amide bonds. The summed E-state index contributed by atoms with van der Waals surface area (Å²) >= 11 is 1.38. The van der Waals surface area contributed by atoms with Gasteiger partial charge in [-0.05, 0) is 13.8 Å². The molecule has 1 N–H and O–H groups in total. The zero-order valence-corrected chi connectivity index (χ0v) is 8.64. The molecular formula is C8H12N2O2S. The first kappa shape index (κ1) is 9.98. The molecular weight excluding hydrogens is 188 g/mol. The van der Waals surface area contributed by atoms with Crippen LogP contribution in [-0.2, 0) is 4.74 Å². The Balaban J connectivity index is 2.66. The van der Waals surface area contributed by atoms with Crippen molar-refractivity contribution >= 4 is 22.4 Å². The molecule has 1 rings (SSSR count). The number of thiazole rings is 1. The van der Waals surface area contributed by atoms with Gasteiger partial charge in [0.15, 0.2) is 10.8 Å². The third kappa shape index (κ3) is 2.69. The molecule has 0 atom stereocenters. The van der Waals surface area contributed by atoms with E-state index in [1.54, 1.807) is 12.4 Å². The molecule has 1 aromatic rings. The summed E-state index contributed by atoms with van der Waals surface area (Å²) in [5.74, 6) is -0.368. The van der Waals surface area contributed by atoms with Gasteiger partial charge in [-0.3, -0.25) is 0 Å². The van der Waals surface area contributed by atoms with E-state index in [9.17, 15) is 4.79 Å². The first-order valence-corrected chi connectivity index (χ1v) is 4.85. The van der Waals surface area contributed by atoms with Gasteiger partial charge in [0.05, 0.1) is 6.10 Å². The van der Waals surface area contributed by atoms with E-state index >= 15 is 0 Å². The highest BCUT2D eigenvalue weighted by Gasteiger charge is 2.12. The second-order valence-electron chi connectivity index (χ2n) is 2.74. The van der Waals surface area contributed by atoms with E-state index in [1.807, 2.05) is 13.8 Å². The monoisotopic (exact) mass is 200 g/mol. The second-order valence-corrected chi connectivity index (χ2v) is 3.60. The van der Waals surface area contributed by atoms with E-state index in [4.69, 9.17) is 4.74 Å². The quantitative estimate of drug-likeness (QED) is 0.755. The Hall–Kier alpha value is -1.10. The second kappa shape index (κ2) is 4.23. The average Bonchev–Trinajstić information content (AvgIpc) is 2.50. The maximum Gasteiger partial charge on any atom is 0.358 e. The minimum Gasteiger partial charge on any atom is -0.458 e. The zero-order chi connectivity index (χ0) is 9.84. The first-order chi connectivity index (χ1) is 6.13. The fourth-order valence-corrected chi connectivity index (χ4v) is 1.40. The van der Waals surface area contributed by atoms with Crippen molar-refractivity contribution in [3.63, 3.8) is 0 Å². The van der Waals surface area contributed by atoms with E-state index in [2.05, 4.69) is 10.3 Å². The van der Waals surface area contributed by atoms with E-state index in [0.717, 1.165) is 5.13 Å². The van der Waals surface area contributed by atoms with Gasteiger partial charge in [-0.25, -0.2) is 9.78 Å². The molecule has 0 radical (unpaired) electrons. The van der Waals surface area contributed by atoms with Crippen LogP contribution in [0.5, 0.6) is 0 Å². The smallest absolute Gasteiger partial charge is 0.358 e. The molecule has 4 nitrogen and oxygen atoms in total. The summed E-state index contributed by atoms with van der Waals surface area (Å²) < 4.78 is 4.97. The third-order valence-corrected chi connectivity index (χ3v) is 2.13. The lowest BCUT2D eigenvalue weighted by Crippen LogP contribution is -2.11. The maximum absolute atomic E-state index is 11.3. The Labute approximate surface area is 80.9 Å². The number of nitrogens with zero attached hydrogens (tertiary/aromatic N) is 1. The number of hydrogen-bond donors (Lipinski definition) is 1. The van der Waals surface area contributed by atoms with Crippen LogP contribution in [0.3, 0.4) is 0 Å². The van der Waals surface area contributed by atoms with Crippen molar-refractivity contribution in [2.45, 2.75) is 20.0 Å². The first-order valence-electron chi connectivity index (χ1n) is 3.97. The van der Waals surface area contributed by atoms with Crippen LogP contribution in [0.1, 0.15) is 24.3 Å². The molecule has 0 aliphatic rings. The Bertz CT molecular complexity index is 296. The van der Waals surface area contributed by atoms with Gasteiger partial charge in [0.25, 0.3) is 0 Å². The zero-order valence-electron chi connectivity index (χ0n) is 7.83. The molecule has 0 unspecified atom stereocenters. The summed E-state index contributed by atoms with van der Waals surface area (Å²) in [4.78, 5) is 15.3. The molecule has 0 aromatic carbocycles. The number of rotatable bonds is 3. The largest absolute Gasteiger partial charge is 0.458 e. The van der Waals surface area contributed by atoms with Crippen molar-refractivity contribution in [2.75, 3.05) is 12.4 Å². The van der Waals surface area contributed by atoms with Crippen LogP contribution >= 0.6 is 11.3 Å². The highest BCUT2D eigenvalue weighted by molar-refractivity contribution is 7.13. The molecule has 5 heteroatoms. The fraction of sp³-hybridized carbons (Fsp3) is 0.500. The van der Waals surface area contributed by atoms with Gasteiger partial charge in [0, 0.05) is 12.4 Å². The number of hydrogen-bond acceptors (Lipinski definition) is 5. The highest BCUT2D eigenvalue weighted by Crippen LogP contribution is 2.15. The Morgan fingerprint density at radius 2 is 2.38 bits per heavy atom. The van der Waals surface area contributed by atoms with Crippen molar-refractivity contribution in [1.82, 2.24) is 4.98 Å². The van der Waals surface area contributed by atoms with Gasteiger partial charge in [-0.1, -0.05) is 0 Å². The van der Waals surface area contributed by atoms with E-state index in [0.29, 0.717) is 5.69 Å². The van der Waals surface area contributed by atoms with Gasteiger partial charge < -0.3 is 10.1 Å². The SMILES string of the molecule is CNc1nc(C(=O)OC(C)C)cs1. The Kier molecular flexibility index (Phi) is 3.25. The van der Waals surface area contributed by atoms with Crippen LogP contribution in [0.4, 0.5) is 5.13 Å². The average molecular weight is 200 g/mol. The van der Waals surface area contributed by atoms with E-state index < -0.39 is 0 Å². The van der Waals surface area contributed by atoms with Crippen LogP contribution in [0.2, 0.25) is 0 Å². The summed E-state index contributed by atoms with van der Waals surface area (Å²) in [7, 11) is 1.76. The van der Waals surface area contributed by atoms with Crippen LogP contribution in [0.25, 0.3) is 0 Å². The van der Waals surface area contributed by atoms with Crippen LogP contribution in [0.15, 0.2) is 5.38 Å². The summed E-state index contributed by atoms with van der Waals surface area (Å²) in [5.41, 5.74) is 0.364. The topological polar surface area (TPSA) is 51.2 Å². The molecule has 0 saturated heterocycles. The molecule has 1 aromatic heterocycles. The highest BCUT2D eigenvalue weighted by atomic mass is 32.1. The minimum atomic E-state index is -0.368. The number of aromatic nitrogens is 1. The van der Waals surface area contributed by atoms with Crippen molar-refractivity contribution in [3.8, 4) is 0 Å². The normalized spacial score (nSPS) is 10.2. The van der Waals surface area contributed by atoms with Gasteiger partial charge in [0.2, 0.25) is 0 Å². The molecule has 13 heavy (non-hydrogen) atoms. The van der Waals surface area contributed by atoms with Crippen molar-refractivity contribution in [3.05, 3.63) is 11.1 Å². The Morgan fingerprint density at radius 3 is 2.85 bits per heavy atom. The van der Waals surface area contributed by atoms with Gasteiger partial charge in [-0.2, -0.15) is 0 Å². The summed E-state index contributed by atoms with van der Waals surface area (Å²) in [6.45, 7) is 3.62. The van der Waals surface area contributed by atoms with Crippen molar-refractivity contribution in [2.24, 2.45) is 0 Å². The summed E-state index contributed by atoms with van der Waals surface area (Å²) in [5, 5.41) is 5.25. The number of esters is 1. The van der Waals surface area contributed by atoms with E-state index in [1.165, 1.54) is 11.3 Å². The number of carbonyl (C=O) groups is 1. The molecule has 0 fully saturated rings. The third-order valence-electron chi connectivity index (χ3n) is 1.27. The predicted molar refractivity (Wildman–Crippen MR) is 52.2 cm³/mol. The molecule has 0 spiro atoms. The van der Waals surface area contributed by atoms with Crippen LogP contribution < -0.4 is 5.32 Å². The number of anilines is 1. The lowest BCUT2D eigenvalue weighted by molar-refractivity contribution is 0.0372. The number of ether oxygens (including phenoxy) is 1. The minimum absolute atomic E-state index is 0.104. The van der Waals surface area contributed by atoms with Crippen molar-refractivity contribution < 1.29 is 9.53 Å². The molecule has 0 aliphatic heterocycles. The molecule has 1 heterocycles. The van der Waals surface area contributed by atoms with Gasteiger partial charge >= 0.3 is 5.97 Å².